The lowest BCUT2D eigenvalue weighted by Gasteiger charge is -2.07. The van der Waals surface area contributed by atoms with Gasteiger partial charge in [0, 0.05) is 11.7 Å². The van der Waals surface area contributed by atoms with Crippen LogP contribution in [0, 0.1) is 5.92 Å². The van der Waals surface area contributed by atoms with Gasteiger partial charge in [-0.05, 0) is 41.5 Å². The minimum absolute atomic E-state index is 0.784. The average molecular weight is 187 g/mol. The molecule has 0 amide bonds. The van der Waals surface area contributed by atoms with Gasteiger partial charge in [0.1, 0.15) is 0 Å². The second kappa shape index (κ2) is 3.87. The molecule has 1 unspecified atom stereocenters. The number of aromatic nitrogens is 1. The Morgan fingerprint density at radius 3 is 2.93 bits per heavy atom. The van der Waals surface area contributed by atoms with Crippen LogP contribution in [-0.4, -0.2) is 4.98 Å². The molecule has 0 bridgehead atoms. The first-order valence-electron chi connectivity index (χ1n) is 5.35. The van der Waals surface area contributed by atoms with Gasteiger partial charge in [-0.2, -0.15) is 0 Å². The third-order valence-corrected chi connectivity index (χ3v) is 2.90. The number of hydrogen-bond acceptors (Lipinski definition) is 0. The van der Waals surface area contributed by atoms with E-state index in [-0.39, 0.29) is 0 Å². The number of H-pyrrole nitrogens is 1. The van der Waals surface area contributed by atoms with E-state index >= 15 is 0 Å². The van der Waals surface area contributed by atoms with E-state index in [4.69, 9.17) is 0 Å². The van der Waals surface area contributed by atoms with Crippen LogP contribution in [0.2, 0.25) is 0 Å². The van der Waals surface area contributed by atoms with E-state index in [2.05, 4.69) is 43.1 Å². The van der Waals surface area contributed by atoms with Gasteiger partial charge in [0.2, 0.25) is 0 Å². The molecule has 74 valence electrons. The first-order chi connectivity index (χ1) is 6.79. The van der Waals surface area contributed by atoms with E-state index < -0.39 is 0 Å². The summed E-state index contributed by atoms with van der Waals surface area (Å²) in [5, 5.41) is 1.32. The van der Waals surface area contributed by atoms with Gasteiger partial charge < -0.3 is 4.98 Å². The molecule has 0 saturated heterocycles. The van der Waals surface area contributed by atoms with E-state index in [0.717, 1.165) is 5.92 Å². The molecule has 2 rings (SSSR count). The Balaban J connectivity index is 2.25. The Hall–Kier alpha value is -1.24. The maximum Gasteiger partial charge on any atom is 0.0454 e. The van der Waals surface area contributed by atoms with Gasteiger partial charge in [-0.15, -0.1) is 0 Å². The molecule has 1 N–H and O–H groups in total. The van der Waals surface area contributed by atoms with Gasteiger partial charge in [-0.3, -0.25) is 0 Å². The zero-order valence-corrected chi connectivity index (χ0v) is 8.88. The first kappa shape index (κ1) is 9.32. The van der Waals surface area contributed by atoms with Crippen LogP contribution in [-0.2, 0) is 6.42 Å². The fraction of sp³-hybridized carbons (Fsp3) is 0.385. The summed E-state index contributed by atoms with van der Waals surface area (Å²) in [6.07, 6.45) is 4.44. The van der Waals surface area contributed by atoms with Crippen molar-refractivity contribution in [2.75, 3.05) is 0 Å². The van der Waals surface area contributed by atoms with Crippen LogP contribution in [0.15, 0.2) is 30.5 Å². The van der Waals surface area contributed by atoms with Gasteiger partial charge in [0.15, 0.2) is 0 Å². The molecule has 1 heteroatoms. The lowest BCUT2D eigenvalue weighted by Crippen LogP contribution is -1.97. The third-order valence-electron chi connectivity index (χ3n) is 2.90. The van der Waals surface area contributed by atoms with Gasteiger partial charge in [-0.25, -0.2) is 0 Å². The Kier molecular flexibility index (Phi) is 2.58. The van der Waals surface area contributed by atoms with Crippen LogP contribution in [0.3, 0.4) is 0 Å². The Labute approximate surface area is 85.1 Å². The highest BCUT2D eigenvalue weighted by molar-refractivity contribution is 5.79. The van der Waals surface area contributed by atoms with Crippen molar-refractivity contribution in [1.29, 1.82) is 0 Å². The molecule has 1 nitrogen and oxygen atoms in total. The van der Waals surface area contributed by atoms with Crippen molar-refractivity contribution in [3.05, 3.63) is 36.0 Å². The molecule has 1 heterocycles. The topological polar surface area (TPSA) is 15.8 Å². The van der Waals surface area contributed by atoms with Crippen molar-refractivity contribution in [2.24, 2.45) is 5.92 Å². The minimum atomic E-state index is 0.784. The molecule has 1 aromatic heterocycles. The van der Waals surface area contributed by atoms with Crippen molar-refractivity contribution >= 4 is 10.9 Å². The summed E-state index contributed by atoms with van der Waals surface area (Å²) in [5.74, 6) is 0.784. The molecule has 0 aliphatic heterocycles. The van der Waals surface area contributed by atoms with Gasteiger partial charge in [-0.1, -0.05) is 26.3 Å². The maximum absolute atomic E-state index is 3.21. The Bertz CT molecular complexity index is 414. The van der Waals surface area contributed by atoms with E-state index in [0.29, 0.717) is 0 Å². The lowest BCUT2D eigenvalue weighted by molar-refractivity contribution is 0.560. The molecule has 1 atom stereocenters. The molecule has 1 aromatic carbocycles. The van der Waals surface area contributed by atoms with E-state index in [1.54, 1.807) is 0 Å². The predicted molar refractivity (Wildman–Crippen MR) is 61.5 cm³/mol. The van der Waals surface area contributed by atoms with E-state index in [9.17, 15) is 0 Å². The molecular formula is C13H17N. The molecule has 0 spiro atoms. The molecule has 14 heavy (non-hydrogen) atoms. The quantitative estimate of drug-likeness (QED) is 0.753. The molecule has 0 fully saturated rings. The SMILES string of the molecule is CCC(C)Cc1ccc2[nH]ccc2c1. The van der Waals surface area contributed by atoms with Crippen LogP contribution in [0.5, 0.6) is 0 Å². The van der Waals surface area contributed by atoms with Gasteiger partial charge >= 0.3 is 0 Å². The summed E-state index contributed by atoms with van der Waals surface area (Å²) in [6.45, 7) is 4.56. The minimum Gasteiger partial charge on any atom is -0.361 e. The number of hydrogen-bond donors (Lipinski definition) is 1. The summed E-state index contributed by atoms with van der Waals surface area (Å²) < 4.78 is 0. The van der Waals surface area contributed by atoms with Crippen molar-refractivity contribution in [1.82, 2.24) is 4.98 Å². The van der Waals surface area contributed by atoms with Crippen molar-refractivity contribution in [3.63, 3.8) is 0 Å². The molecule has 0 saturated carbocycles. The lowest BCUT2D eigenvalue weighted by atomic mass is 9.98. The van der Waals surface area contributed by atoms with Crippen LogP contribution >= 0.6 is 0 Å². The standard InChI is InChI=1S/C13H17N/c1-3-10(2)8-11-4-5-13-12(9-11)6-7-14-13/h4-7,9-10,14H,3,8H2,1-2H3. The van der Waals surface area contributed by atoms with Crippen LogP contribution in [0.4, 0.5) is 0 Å². The summed E-state index contributed by atoms with van der Waals surface area (Å²) in [5.41, 5.74) is 2.68. The zero-order chi connectivity index (χ0) is 9.97. The zero-order valence-electron chi connectivity index (χ0n) is 8.88. The number of benzene rings is 1. The highest BCUT2D eigenvalue weighted by Gasteiger charge is 2.02. The summed E-state index contributed by atoms with van der Waals surface area (Å²) in [7, 11) is 0. The summed E-state index contributed by atoms with van der Waals surface area (Å²) in [6, 6.07) is 8.82. The molecule has 0 aliphatic carbocycles. The summed E-state index contributed by atoms with van der Waals surface area (Å²) in [4.78, 5) is 3.21. The number of nitrogens with one attached hydrogen (secondary N) is 1. The first-order valence-corrected chi connectivity index (χ1v) is 5.35. The van der Waals surface area contributed by atoms with Crippen LogP contribution < -0.4 is 0 Å². The number of fused-ring (bicyclic) bond motifs is 1. The predicted octanol–water partition coefficient (Wildman–Crippen LogP) is 3.76. The normalized spacial score (nSPS) is 13.3. The summed E-state index contributed by atoms with van der Waals surface area (Å²) >= 11 is 0. The van der Waals surface area contributed by atoms with Crippen molar-refractivity contribution in [3.8, 4) is 0 Å². The number of rotatable bonds is 3. The average Bonchev–Trinajstić information content (AvgIpc) is 2.64. The number of aromatic amines is 1. The van der Waals surface area contributed by atoms with E-state index in [1.807, 2.05) is 6.20 Å². The molecular weight excluding hydrogens is 170 g/mol. The molecule has 2 aromatic rings. The smallest absolute Gasteiger partial charge is 0.0454 e. The third kappa shape index (κ3) is 1.82. The van der Waals surface area contributed by atoms with Gasteiger partial charge in [0.05, 0.1) is 0 Å². The van der Waals surface area contributed by atoms with Crippen molar-refractivity contribution in [2.45, 2.75) is 26.7 Å². The maximum atomic E-state index is 3.21. The highest BCUT2D eigenvalue weighted by atomic mass is 14.7. The van der Waals surface area contributed by atoms with Crippen LogP contribution in [0.25, 0.3) is 10.9 Å². The fourth-order valence-electron chi connectivity index (χ4n) is 1.78. The largest absolute Gasteiger partial charge is 0.361 e. The molecule has 0 aliphatic rings. The fourth-order valence-corrected chi connectivity index (χ4v) is 1.78. The van der Waals surface area contributed by atoms with E-state index in [1.165, 1.54) is 29.3 Å². The van der Waals surface area contributed by atoms with Crippen molar-refractivity contribution < 1.29 is 0 Å². The van der Waals surface area contributed by atoms with Crippen LogP contribution in [0.1, 0.15) is 25.8 Å². The second-order valence-electron chi connectivity index (χ2n) is 4.12. The Morgan fingerprint density at radius 2 is 2.14 bits per heavy atom. The molecule has 0 radical (unpaired) electrons. The Morgan fingerprint density at radius 1 is 1.29 bits per heavy atom. The highest BCUT2D eigenvalue weighted by Crippen LogP contribution is 2.17. The van der Waals surface area contributed by atoms with Gasteiger partial charge in [0.25, 0.3) is 0 Å². The second-order valence-corrected chi connectivity index (χ2v) is 4.12. The monoisotopic (exact) mass is 187 g/mol.